The zero-order valence-corrected chi connectivity index (χ0v) is 10.2. The average molecular weight is 225 g/mol. The largest absolute Gasteiger partial charge is 0.385 e. The van der Waals surface area contributed by atoms with Gasteiger partial charge in [-0.15, -0.1) is 0 Å². The first kappa shape index (κ1) is 10.6. The molecule has 1 heteroatoms. The van der Waals surface area contributed by atoms with Gasteiger partial charge in [-0.25, -0.2) is 0 Å². The van der Waals surface area contributed by atoms with Crippen LogP contribution in [-0.2, 0) is 0 Å². The Kier molecular flexibility index (Phi) is 3.00. The lowest BCUT2D eigenvalue weighted by Crippen LogP contribution is -2.10. The highest BCUT2D eigenvalue weighted by molar-refractivity contribution is 5.85. The summed E-state index contributed by atoms with van der Waals surface area (Å²) in [5.41, 5.74) is 1.26. The Hall–Kier alpha value is -1.50. The van der Waals surface area contributed by atoms with E-state index in [1.54, 1.807) is 0 Å². The first-order chi connectivity index (χ1) is 8.42. The first-order valence-corrected chi connectivity index (χ1v) is 6.64. The molecule has 0 spiro atoms. The van der Waals surface area contributed by atoms with E-state index in [-0.39, 0.29) is 0 Å². The van der Waals surface area contributed by atoms with Crippen LogP contribution in [0, 0.1) is 5.92 Å². The van der Waals surface area contributed by atoms with Crippen molar-refractivity contribution >= 4 is 16.5 Å². The van der Waals surface area contributed by atoms with Crippen molar-refractivity contribution in [2.24, 2.45) is 5.92 Å². The van der Waals surface area contributed by atoms with Crippen molar-refractivity contribution in [1.29, 1.82) is 0 Å². The van der Waals surface area contributed by atoms with Crippen LogP contribution in [0.2, 0.25) is 0 Å². The van der Waals surface area contributed by atoms with Crippen molar-refractivity contribution in [2.75, 3.05) is 11.9 Å². The number of benzene rings is 2. The highest BCUT2D eigenvalue weighted by Gasteiger charge is 2.14. The van der Waals surface area contributed by atoms with Crippen molar-refractivity contribution in [3.8, 4) is 0 Å². The minimum absolute atomic E-state index is 0.890. The van der Waals surface area contributed by atoms with Gasteiger partial charge < -0.3 is 5.32 Å². The van der Waals surface area contributed by atoms with Gasteiger partial charge in [0.25, 0.3) is 0 Å². The standard InChI is InChI=1S/C16H19N/c1-2-6-13(5-1)12-17-16-10-9-14-7-3-4-8-15(14)11-16/h3-4,7-11,13,17H,1-2,5-6,12H2. The molecule has 1 N–H and O–H groups in total. The van der Waals surface area contributed by atoms with Crippen LogP contribution in [0.1, 0.15) is 25.7 Å². The topological polar surface area (TPSA) is 12.0 Å². The summed E-state index contributed by atoms with van der Waals surface area (Å²) in [6, 6.07) is 15.2. The summed E-state index contributed by atoms with van der Waals surface area (Å²) in [7, 11) is 0. The molecule has 3 rings (SSSR count). The summed E-state index contributed by atoms with van der Waals surface area (Å²) in [5, 5.41) is 6.22. The number of fused-ring (bicyclic) bond motifs is 1. The average Bonchev–Trinajstić information content (AvgIpc) is 2.89. The van der Waals surface area contributed by atoms with Gasteiger partial charge in [0.15, 0.2) is 0 Å². The third-order valence-electron chi connectivity index (χ3n) is 3.82. The van der Waals surface area contributed by atoms with Gasteiger partial charge in [0, 0.05) is 12.2 Å². The molecule has 1 fully saturated rings. The van der Waals surface area contributed by atoms with E-state index < -0.39 is 0 Å². The molecule has 1 aliphatic rings. The van der Waals surface area contributed by atoms with Gasteiger partial charge in [0.05, 0.1) is 0 Å². The lowest BCUT2D eigenvalue weighted by Gasteiger charge is -2.12. The van der Waals surface area contributed by atoms with E-state index in [4.69, 9.17) is 0 Å². The second-order valence-corrected chi connectivity index (χ2v) is 5.09. The molecule has 0 heterocycles. The molecule has 0 aromatic heterocycles. The van der Waals surface area contributed by atoms with E-state index >= 15 is 0 Å². The zero-order valence-electron chi connectivity index (χ0n) is 10.2. The fraction of sp³-hybridized carbons (Fsp3) is 0.375. The number of nitrogens with one attached hydrogen (secondary N) is 1. The van der Waals surface area contributed by atoms with Crippen LogP contribution in [0.4, 0.5) is 5.69 Å². The summed E-state index contributed by atoms with van der Waals surface area (Å²) in [6.45, 7) is 1.14. The molecule has 0 amide bonds. The SMILES string of the molecule is c1ccc2cc(NCC3CCCC3)ccc2c1. The molecule has 0 bridgehead atoms. The summed E-state index contributed by atoms with van der Waals surface area (Å²) >= 11 is 0. The number of anilines is 1. The normalized spacial score (nSPS) is 16.5. The Morgan fingerprint density at radius 3 is 2.53 bits per heavy atom. The van der Waals surface area contributed by atoms with E-state index in [9.17, 15) is 0 Å². The predicted molar refractivity (Wildman–Crippen MR) is 74.4 cm³/mol. The van der Waals surface area contributed by atoms with E-state index in [1.807, 2.05) is 0 Å². The molecule has 1 nitrogen and oxygen atoms in total. The second-order valence-electron chi connectivity index (χ2n) is 5.09. The van der Waals surface area contributed by atoms with Gasteiger partial charge in [0.2, 0.25) is 0 Å². The molecule has 2 aromatic carbocycles. The van der Waals surface area contributed by atoms with Crippen LogP contribution in [0.5, 0.6) is 0 Å². The molecule has 0 unspecified atom stereocenters. The Labute approximate surface area is 103 Å². The Morgan fingerprint density at radius 2 is 1.71 bits per heavy atom. The summed E-state index contributed by atoms with van der Waals surface area (Å²) in [4.78, 5) is 0. The first-order valence-electron chi connectivity index (χ1n) is 6.64. The molecular weight excluding hydrogens is 206 g/mol. The maximum absolute atomic E-state index is 3.58. The monoisotopic (exact) mass is 225 g/mol. The number of rotatable bonds is 3. The number of hydrogen-bond donors (Lipinski definition) is 1. The Morgan fingerprint density at radius 1 is 0.941 bits per heavy atom. The van der Waals surface area contributed by atoms with Gasteiger partial charge in [-0.1, -0.05) is 43.2 Å². The minimum Gasteiger partial charge on any atom is -0.385 e. The quantitative estimate of drug-likeness (QED) is 0.814. The van der Waals surface area contributed by atoms with E-state index in [0.717, 1.165) is 12.5 Å². The third-order valence-corrected chi connectivity index (χ3v) is 3.82. The fourth-order valence-electron chi connectivity index (χ4n) is 2.78. The molecule has 88 valence electrons. The molecule has 2 aromatic rings. The van der Waals surface area contributed by atoms with E-state index in [2.05, 4.69) is 47.8 Å². The molecule has 1 aliphatic carbocycles. The van der Waals surface area contributed by atoms with Gasteiger partial charge in [-0.3, -0.25) is 0 Å². The van der Waals surface area contributed by atoms with E-state index in [1.165, 1.54) is 42.1 Å². The predicted octanol–water partition coefficient (Wildman–Crippen LogP) is 4.44. The van der Waals surface area contributed by atoms with Gasteiger partial charge in [-0.2, -0.15) is 0 Å². The molecule has 17 heavy (non-hydrogen) atoms. The Bertz CT molecular complexity index is 498. The van der Waals surface area contributed by atoms with Gasteiger partial charge in [-0.05, 0) is 41.7 Å². The molecule has 1 saturated carbocycles. The fourth-order valence-corrected chi connectivity index (χ4v) is 2.78. The highest BCUT2D eigenvalue weighted by atomic mass is 14.9. The third kappa shape index (κ3) is 2.44. The van der Waals surface area contributed by atoms with Crippen LogP contribution in [0.15, 0.2) is 42.5 Å². The van der Waals surface area contributed by atoms with Gasteiger partial charge in [0.1, 0.15) is 0 Å². The second kappa shape index (κ2) is 4.79. The van der Waals surface area contributed by atoms with Crippen molar-refractivity contribution in [3.05, 3.63) is 42.5 Å². The minimum atomic E-state index is 0.890. The molecule has 0 radical (unpaired) electrons. The highest BCUT2D eigenvalue weighted by Crippen LogP contribution is 2.25. The van der Waals surface area contributed by atoms with Crippen LogP contribution >= 0.6 is 0 Å². The smallest absolute Gasteiger partial charge is 0.0346 e. The number of hydrogen-bond acceptors (Lipinski definition) is 1. The summed E-state index contributed by atoms with van der Waals surface area (Å²) in [6.07, 6.45) is 5.65. The van der Waals surface area contributed by atoms with Crippen molar-refractivity contribution in [2.45, 2.75) is 25.7 Å². The Balaban J connectivity index is 1.72. The lowest BCUT2D eigenvalue weighted by atomic mass is 10.1. The summed E-state index contributed by atoms with van der Waals surface area (Å²) < 4.78 is 0. The zero-order chi connectivity index (χ0) is 11.5. The maximum atomic E-state index is 3.58. The van der Waals surface area contributed by atoms with Gasteiger partial charge >= 0.3 is 0 Å². The van der Waals surface area contributed by atoms with Crippen molar-refractivity contribution < 1.29 is 0 Å². The van der Waals surface area contributed by atoms with Crippen LogP contribution < -0.4 is 5.32 Å². The molecule has 0 atom stereocenters. The van der Waals surface area contributed by atoms with Crippen molar-refractivity contribution in [3.63, 3.8) is 0 Å². The van der Waals surface area contributed by atoms with Crippen LogP contribution in [0.3, 0.4) is 0 Å². The lowest BCUT2D eigenvalue weighted by molar-refractivity contribution is 0.580. The van der Waals surface area contributed by atoms with Crippen LogP contribution in [-0.4, -0.2) is 6.54 Å². The summed E-state index contributed by atoms with van der Waals surface area (Å²) in [5.74, 6) is 0.890. The molecule has 0 aliphatic heterocycles. The van der Waals surface area contributed by atoms with Crippen LogP contribution in [0.25, 0.3) is 10.8 Å². The van der Waals surface area contributed by atoms with E-state index in [0.29, 0.717) is 0 Å². The molecular formula is C16H19N. The van der Waals surface area contributed by atoms with Crippen molar-refractivity contribution in [1.82, 2.24) is 0 Å². The maximum Gasteiger partial charge on any atom is 0.0346 e. The molecule has 0 saturated heterocycles.